The minimum Gasteiger partial charge on any atom is -0.270 e. The standard InChI is InChI=1S/C14H13N7/c1-11-4-13(8-16-6-11)14-10-21(19-18-14)3-2-20-9-12(5-15)7-17-20/h4,6-10H,2-3H2,1H3. The van der Waals surface area contributed by atoms with Crippen molar-refractivity contribution in [1.29, 1.82) is 5.26 Å². The van der Waals surface area contributed by atoms with Gasteiger partial charge in [-0.3, -0.25) is 14.3 Å². The van der Waals surface area contributed by atoms with Gasteiger partial charge in [0.15, 0.2) is 0 Å². The summed E-state index contributed by atoms with van der Waals surface area (Å²) >= 11 is 0. The third-order valence-corrected chi connectivity index (χ3v) is 3.03. The fourth-order valence-electron chi connectivity index (χ4n) is 1.98. The highest BCUT2D eigenvalue weighted by Crippen LogP contribution is 2.15. The molecule has 0 aliphatic rings. The Balaban J connectivity index is 1.69. The van der Waals surface area contributed by atoms with Crippen LogP contribution < -0.4 is 0 Å². The van der Waals surface area contributed by atoms with Gasteiger partial charge in [0.2, 0.25) is 0 Å². The molecule has 0 bridgehead atoms. The highest BCUT2D eigenvalue weighted by molar-refractivity contribution is 5.56. The summed E-state index contributed by atoms with van der Waals surface area (Å²) in [5.74, 6) is 0. The number of nitriles is 1. The van der Waals surface area contributed by atoms with Crippen molar-refractivity contribution in [3.63, 3.8) is 0 Å². The van der Waals surface area contributed by atoms with E-state index in [1.165, 1.54) is 0 Å². The average molecular weight is 279 g/mol. The zero-order valence-corrected chi connectivity index (χ0v) is 11.5. The number of hydrogen-bond donors (Lipinski definition) is 0. The molecule has 0 saturated heterocycles. The molecule has 104 valence electrons. The number of rotatable bonds is 4. The molecule has 0 aromatic carbocycles. The topological polar surface area (TPSA) is 85.2 Å². The van der Waals surface area contributed by atoms with Crippen LogP contribution in [0.3, 0.4) is 0 Å². The summed E-state index contributed by atoms with van der Waals surface area (Å²) in [5.41, 5.74) is 3.39. The Hall–Kier alpha value is -3.01. The number of aryl methyl sites for hydroxylation is 3. The molecular formula is C14H13N7. The van der Waals surface area contributed by atoms with Crippen molar-refractivity contribution in [3.8, 4) is 17.3 Å². The molecule has 0 aliphatic carbocycles. The first-order valence-electron chi connectivity index (χ1n) is 6.49. The average Bonchev–Trinajstić information content (AvgIpc) is 3.14. The van der Waals surface area contributed by atoms with Gasteiger partial charge in [-0.2, -0.15) is 10.4 Å². The van der Waals surface area contributed by atoms with Crippen molar-refractivity contribution < 1.29 is 0 Å². The summed E-state index contributed by atoms with van der Waals surface area (Å²) in [6.45, 7) is 3.26. The van der Waals surface area contributed by atoms with E-state index in [1.54, 1.807) is 34.2 Å². The van der Waals surface area contributed by atoms with Gasteiger partial charge < -0.3 is 0 Å². The fraction of sp³-hybridized carbons (Fsp3) is 0.214. The molecule has 3 aromatic rings. The van der Waals surface area contributed by atoms with Crippen LogP contribution in [-0.4, -0.2) is 29.8 Å². The first-order chi connectivity index (χ1) is 10.2. The Morgan fingerprint density at radius 1 is 1.14 bits per heavy atom. The molecule has 3 rings (SSSR count). The summed E-state index contributed by atoms with van der Waals surface area (Å²) in [6, 6.07) is 4.07. The van der Waals surface area contributed by atoms with Crippen molar-refractivity contribution in [3.05, 3.63) is 48.2 Å². The van der Waals surface area contributed by atoms with Crippen LogP contribution >= 0.6 is 0 Å². The third-order valence-electron chi connectivity index (χ3n) is 3.03. The van der Waals surface area contributed by atoms with E-state index in [2.05, 4.69) is 26.5 Å². The van der Waals surface area contributed by atoms with E-state index >= 15 is 0 Å². The van der Waals surface area contributed by atoms with E-state index < -0.39 is 0 Å². The summed E-state index contributed by atoms with van der Waals surface area (Å²) in [4.78, 5) is 4.15. The molecule has 0 amide bonds. The Morgan fingerprint density at radius 2 is 2.00 bits per heavy atom. The Kier molecular flexibility index (Phi) is 3.43. The molecule has 0 radical (unpaired) electrons. The first kappa shape index (κ1) is 13.0. The van der Waals surface area contributed by atoms with Gasteiger partial charge >= 0.3 is 0 Å². The second-order valence-electron chi connectivity index (χ2n) is 4.72. The normalized spacial score (nSPS) is 10.5. The lowest BCUT2D eigenvalue weighted by Crippen LogP contribution is -2.08. The zero-order valence-electron chi connectivity index (χ0n) is 11.5. The second-order valence-corrected chi connectivity index (χ2v) is 4.72. The van der Waals surface area contributed by atoms with E-state index in [9.17, 15) is 0 Å². The van der Waals surface area contributed by atoms with Gasteiger partial charge in [0.1, 0.15) is 11.8 Å². The van der Waals surface area contributed by atoms with E-state index in [4.69, 9.17) is 5.26 Å². The first-order valence-corrected chi connectivity index (χ1v) is 6.49. The van der Waals surface area contributed by atoms with Crippen LogP contribution in [0.2, 0.25) is 0 Å². The van der Waals surface area contributed by atoms with E-state index in [-0.39, 0.29) is 0 Å². The van der Waals surface area contributed by atoms with Crippen molar-refractivity contribution in [1.82, 2.24) is 29.8 Å². The van der Waals surface area contributed by atoms with Crippen molar-refractivity contribution in [2.24, 2.45) is 0 Å². The van der Waals surface area contributed by atoms with Crippen LogP contribution in [-0.2, 0) is 13.1 Å². The quantitative estimate of drug-likeness (QED) is 0.721. The van der Waals surface area contributed by atoms with Crippen LogP contribution in [0.15, 0.2) is 37.1 Å². The number of hydrogen-bond acceptors (Lipinski definition) is 5. The minimum absolute atomic E-state index is 0.556. The lowest BCUT2D eigenvalue weighted by Gasteiger charge is -2.00. The minimum atomic E-state index is 0.556. The van der Waals surface area contributed by atoms with Crippen LogP contribution in [0.5, 0.6) is 0 Å². The molecule has 7 nitrogen and oxygen atoms in total. The van der Waals surface area contributed by atoms with Crippen molar-refractivity contribution in [2.75, 3.05) is 0 Å². The number of pyridine rings is 1. The SMILES string of the molecule is Cc1cncc(-c2cn(CCn3cc(C#N)cn3)nn2)c1. The number of nitrogens with zero attached hydrogens (tertiary/aromatic N) is 7. The molecular weight excluding hydrogens is 266 g/mol. The molecule has 3 aromatic heterocycles. The zero-order chi connectivity index (χ0) is 14.7. The second kappa shape index (κ2) is 5.54. The van der Waals surface area contributed by atoms with Gasteiger partial charge in [-0.1, -0.05) is 5.21 Å². The monoisotopic (exact) mass is 279 g/mol. The van der Waals surface area contributed by atoms with Gasteiger partial charge in [0.05, 0.1) is 31.0 Å². The maximum atomic E-state index is 8.75. The maximum absolute atomic E-state index is 8.75. The lowest BCUT2D eigenvalue weighted by molar-refractivity contribution is 0.489. The predicted octanol–water partition coefficient (Wildman–Crippen LogP) is 1.42. The third kappa shape index (κ3) is 2.95. The van der Waals surface area contributed by atoms with Gasteiger partial charge in [0, 0.05) is 24.2 Å². The fourth-order valence-corrected chi connectivity index (χ4v) is 1.98. The number of aromatic nitrogens is 6. The smallest absolute Gasteiger partial charge is 0.114 e. The van der Waals surface area contributed by atoms with E-state index in [0.717, 1.165) is 16.8 Å². The molecule has 0 saturated carbocycles. The highest BCUT2D eigenvalue weighted by Gasteiger charge is 2.05. The van der Waals surface area contributed by atoms with Crippen molar-refractivity contribution >= 4 is 0 Å². The summed E-state index contributed by atoms with van der Waals surface area (Å²) in [5, 5.41) is 21.1. The molecule has 21 heavy (non-hydrogen) atoms. The van der Waals surface area contributed by atoms with Gasteiger partial charge in [0.25, 0.3) is 0 Å². The van der Waals surface area contributed by atoms with Crippen LogP contribution in [0.1, 0.15) is 11.1 Å². The molecule has 0 aliphatic heterocycles. The largest absolute Gasteiger partial charge is 0.270 e. The summed E-state index contributed by atoms with van der Waals surface area (Å²) in [7, 11) is 0. The Morgan fingerprint density at radius 3 is 2.76 bits per heavy atom. The lowest BCUT2D eigenvalue weighted by atomic mass is 10.2. The highest BCUT2D eigenvalue weighted by atomic mass is 15.4. The molecule has 0 fully saturated rings. The van der Waals surface area contributed by atoms with Crippen LogP contribution in [0, 0.1) is 18.3 Å². The summed E-state index contributed by atoms with van der Waals surface area (Å²) < 4.78 is 3.47. The van der Waals surface area contributed by atoms with E-state index in [1.807, 2.05) is 19.2 Å². The predicted molar refractivity (Wildman–Crippen MR) is 74.9 cm³/mol. The molecule has 0 unspecified atom stereocenters. The van der Waals surface area contributed by atoms with Gasteiger partial charge in [-0.05, 0) is 18.6 Å². The Bertz CT molecular complexity index is 794. The molecule has 3 heterocycles. The molecule has 0 atom stereocenters. The van der Waals surface area contributed by atoms with Crippen LogP contribution in [0.4, 0.5) is 0 Å². The molecule has 7 heteroatoms. The van der Waals surface area contributed by atoms with E-state index in [0.29, 0.717) is 18.7 Å². The molecule has 0 N–H and O–H groups in total. The molecule has 0 spiro atoms. The summed E-state index contributed by atoms with van der Waals surface area (Å²) in [6.07, 6.45) is 8.71. The van der Waals surface area contributed by atoms with Gasteiger partial charge in [-0.15, -0.1) is 5.10 Å². The van der Waals surface area contributed by atoms with Crippen molar-refractivity contribution in [2.45, 2.75) is 20.0 Å². The van der Waals surface area contributed by atoms with Gasteiger partial charge in [-0.25, -0.2) is 0 Å². The Labute approximate surface area is 121 Å². The van der Waals surface area contributed by atoms with Crippen LogP contribution in [0.25, 0.3) is 11.3 Å². The maximum Gasteiger partial charge on any atom is 0.114 e.